The first-order chi connectivity index (χ1) is 9.27. The summed E-state index contributed by atoms with van der Waals surface area (Å²) >= 11 is 1.82. The van der Waals surface area contributed by atoms with E-state index in [2.05, 4.69) is 5.32 Å². The zero-order valence-corrected chi connectivity index (χ0v) is 12.2. The molecule has 0 aromatic rings. The van der Waals surface area contributed by atoms with E-state index in [-0.39, 0.29) is 16.9 Å². The van der Waals surface area contributed by atoms with Crippen molar-refractivity contribution in [3.05, 3.63) is 0 Å². The van der Waals surface area contributed by atoms with E-state index >= 15 is 0 Å². The van der Waals surface area contributed by atoms with Crippen molar-refractivity contribution in [1.82, 2.24) is 5.32 Å². The smallest absolute Gasteiger partial charge is 0.233 e. The van der Waals surface area contributed by atoms with E-state index in [9.17, 15) is 4.79 Å². The molecule has 3 aliphatic rings. The molecule has 0 aromatic carbocycles. The number of nitrogens with one attached hydrogen (secondary N) is 1. The highest BCUT2D eigenvalue weighted by molar-refractivity contribution is 8.00. The molecule has 1 spiro atoms. The fourth-order valence-corrected chi connectivity index (χ4v) is 4.44. The number of hydrogen-bond donors (Lipinski definition) is 1. The standard InChI is InChI=1S/C14H23NO3S/c16-13(12-3-1-2-10-19-12)15-11-4-6-14(7-5-11)17-8-9-18-14/h11-12H,1-10H2,(H,15,16). The quantitative estimate of drug-likeness (QED) is 0.844. The number of ether oxygens (including phenoxy) is 2. The summed E-state index contributed by atoms with van der Waals surface area (Å²) in [4.78, 5) is 12.2. The Morgan fingerprint density at radius 1 is 1.11 bits per heavy atom. The summed E-state index contributed by atoms with van der Waals surface area (Å²) in [6, 6.07) is 0.313. The Hall–Kier alpha value is -0.260. The van der Waals surface area contributed by atoms with Crippen molar-refractivity contribution in [3.63, 3.8) is 0 Å². The molecule has 1 amide bonds. The van der Waals surface area contributed by atoms with Crippen LogP contribution in [0.3, 0.4) is 0 Å². The first-order valence-corrected chi connectivity index (χ1v) is 8.52. The molecule has 2 aliphatic heterocycles. The van der Waals surface area contributed by atoms with E-state index in [1.807, 2.05) is 11.8 Å². The van der Waals surface area contributed by atoms with Crippen LogP contribution in [-0.4, -0.2) is 42.0 Å². The second-order valence-corrected chi connectivity index (χ2v) is 7.06. The minimum absolute atomic E-state index is 0.184. The van der Waals surface area contributed by atoms with Crippen LogP contribution in [0.25, 0.3) is 0 Å². The molecular formula is C14H23NO3S. The lowest BCUT2D eigenvalue weighted by atomic mass is 9.90. The fraction of sp³-hybridized carbons (Fsp3) is 0.929. The summed E-state index contributed by atoms with van der Waals surface area (Å²) in [7, 11) is 0. The minimum Gasteiger partial charge on any atom is -0.352 e. The molecule has 1 aliphatic carbocycles. The van der Waals surface area contributed by atoms with Crippen LogP contribution >= 0.6 is 11.8 Å². The van der Waals surface area contributed by atoms with E-state index in [0.29, 0.717) is 6.04 Å². The van der Waals surface area contributed by atoms with Crippen LogP contribution in [0.1, 0.15) is 44.9 Å². The van der Waals surface area contributed by atoms with Crippen LogP contribution in [0.15, 0.2) is 0 Å². The third-order valence-corrected chi connectivity index (χ3v) is 5.76. The number of carbonyl (C=O) groups excluding carboxylic acids is 1. The van der Waals surface area contributed by atoms with Gasteiger partial charge in [0.25, 0.3) is 0 Å². The van der Waals surface area contributed by atoms with Crippen LogP contribution in [-0.2, 0) is 14.3 Å². The van der Waals surface area contributed by atoms with Gasteiger partial charge in [0.15, 0.2) is 5.79 Å². The van der Waals surface area contributed by atoms with Crippen LogP contribution < -0.4 is 5.32 Å². The molecule has 0 radical (unpaired) electrons. The number of thioether (sulfide) groups is 1. The van der Waals surface area contributed by atoms with Crippen molar-refractivity contribution in [2.45, 2.75) is 62.0 Å². The summed E-state index contributed by atoms with van der Waals surface area (Å²) in [6.07, 6.45) is 7.27. The third-order valence-electron chi connectivity index (χ3n) is 4.38. The SMILES string of the molecule is O=C(NC1CCC2(CC1)OCCO2)C1CCCCS1. The second kappa shape index (κ2) is 6.02. The van der Waals surface area contributed by atoms with E-state index in [1.165, 1.54) is 12.8 Å². The van der Waals surface area contributed by atoms with Gasteiger partial charge in [0.05, 0.1) is 18.5 Å². The van der Waals surface area contributed by atoms with Gasteiger partial charge in [-0.05, 0) is 31.4 Å². The summed E-state index contributed by atoms with van der Waals surface area (Å²) in [5.74, 6) is 1.06. The van der Waals surface area contributed by atoms with E-state index in [1.54, 1.807) is 0 Å². The first-order valence-electron chi connectivity index (χ1n) is 7.47. The van der Waals surface area contributed by atoms with E-state index in [4.69, 9.17) is 9.47 Å². The molecule has 108 valence electrons. The van der Waals surface area contributed by atoms with Gasteiger partial charge in [-0.25, -0.2) is 0 Å². The van der Waals surface area contributed by atoms with Gasteiger partial charge in [-0.3, -0.25) is 4.79 Å². The predicted molar refractivity (Wildman–Crippen MR) is 75.1 cm³/mol. The molecule has 19 heavy (non-hydrogen) atoms. The summed E-state index contributed by atoms with van der Waals surface area (Å²) < 4.78 is 11.4. The second-order valence-electron chi connectivity index (χ2n) is 5.75. The maximum absolute atomic E-state index is 12.2. The Kier molecular flexibility index (Phi) is 4.34. The molecule has 5 heteroatoms. The van der Waals surface area contributed by atoms with Crippen molar-refractivity contribution >= 4 is 17.7 Å². The normalized spacial score (nSPS) is 31.5. The Labute approximate surface area is 119 Å². The monoisotopic (exact) mass is 285 g/mol. The molecule has 1 saturated carbocycles. The summed E-state index contributed by atoms with van der Waals surface area (Å²) in [6.45, 7) is 1.44. The molecule has 3 rings (SSSR count). The van der Waals surface area contributed by atoms with Crippen molar-refractivity contribution in [1.29, 1.82) is 0 Å². The van der Waals surface area contributed by atoms with Crippen LogP contribution in [0.2, 0.25) is 0 Å². The number of amides is 1. The zero-order valence-electron chi connectivity index (χ0n) is 11.4. The summed E-state index contributed by atoms with van der Waals surface area (Å²) in [5, 5.41) is 3.41. The topological polar surface area (TPSA) is 47.6 Å². The minimum atomic E-state index is -0.319. The van der Waals surface area contributed by atoms with Crippen molar-refractivity contribution in [3.8, 4) is 0 Å². The highest BCUT2D eigenvalue weighted by Gasteiger charge is 2.40. The number of carbonyl (C=O) groups is 1. The Balaban J connectivity index is 1.45. The van der Waals surface area contributed by atoms with Gasteiger partial charge < -0.3 is 14.8 Å². The van der Waals surface area contributed by atoms with Gasteiger partial charge in [0.1, 0.15) is 0 Å². The molecule has 1 atom stereocenters. The third kappa shape index (κ3) is 3.26. The highest BCUT2D eigenvalue weighted by Crippen LogP contribution is 2.36. The molecule has 1 N–H and O–H groups in total. The molecule has 2 heterocycles. The Morgan fingerprint density at radius 3 is 2.47 bits per heavy atom. The maximum atomic E-state index is 12.2. The zero-order chi connectivity index (χ0) is 13.1. The molecule has 2 saturated heterocycles. The Bertz CT molecular complexity index is 315. The predicted octanol–water partition coefficient (Wildman–Crippen LogP) is 2.07. The van der Waals surface area contributed by atoms with Gasteiger partial charge >= 0.3 is 0 Å². The molecule has 0 aromatic heterocycles. The average molecular weight is 285 g/mol. The average Bonchev–Trinajstić information content (AvgIpc) is 2.91. The molecule has 3 fully saturated rings. The number of hydrogen-bond acceptors (Lipinski definition) is 4. The summed E-state index contributed by atoms with van der Waals surface area (Å²) in [5.41, 5.74) is 0. The molecular weight excluding hydrogens is 262 g/mol. The molecule has 4 nitrogen and oxygen atoms in total. The lowest BCUT2D eigenvalue weighted by Gasteiger charge is -2.36. The van der Waals surface area contributed by atoms with E-state index in [0.717, 1.165) is 51.1 Å². The van der Waals surface area contributed by atoms with Gasteiger partial charge in [0, 0.05) is 18.9 Å². The lowest BCUT2D eigenvalue weighted by molar-refractivity contribution is -0.180. The molecule has 0 bridgehead atoms. The Morgan fingerprint density at radius 2 is 1.84 bits per heavy atom. The van der Waals surface area contributed by atoms with E-state index < -0.39 is 0 Å². The molecule has 1 unspecified atom stereocenters. The van der Waals surface area contributed by atoms with Crippen molar-refractivity contribution in [2.24, 2.45) is 0 Å². The number of rotatable bonds is 2. The van der Waals surface area contributed by atoms with Gasteiger partial charge in [-0.2, -0.15) is 0 Å². The maximum Gasteiger partial charge on any atom is 0.233 e. The van der Waals surface area contributed by atoms with Crippen LogP contribution in [0.4, 0.5) is 0 Å². The fourth-order valence-electron chi connectivity index (χ4n) is 3.23. The van der Waals surface area contributed by atoms with Crippen molar-refractivity contribution in [2.75, 3.05) is 19.0 Å². The first kappa shape index (κ1) is 13.7. The lowest BCUT2D eigenvalue weighted by Crippen LogP contribution is -2.46. The largest absolute Gasteiger partial charge is 0.352 e. The van der Waals surface area contributed by atoms with Gasteiger partial charge in [-0.1, -0.05) is 6.42 Å². The highest BCUT2D eigenvalue weighted by atomic mass is 32.2. The van der Waals surface area contributed by atoms with Gasteiger partial charge in [-0.15, -0.1) is 11.8 Å². The van der Waals surface area contributed by atoms with Crippen LogP contribution in [0.5, 0.6) is 0 Å². The van der Waals surface area contributed by atoms with Gasteiger partial charge in [0.2, 0.25) is 5.91 Å². The van der Waals surface area contributed by atoms with Crippen molar-refractivity contribution < 1.29 is 14.3 Å². The van der Waals surface area contributed by atoms with Crippen LogP contribution in [0, 0.1) is 0 Å².